The van der Waals surface area contributed by atoms with Crippen molar-refractivity contribution < 1.29 is 9.53 Å². The van der Waals surface area contributed by atoms with Crippen molar-refractivity contribution in [2.45, 2.75) is 32.9 Å². The van der Waals surface area contributed by atoms with Gasteiger partial charge >= 0.3 is 6.09 Å². The molecule has 110 valence electrons. The third-order valence-electron chi connectivity index (χ3n) is 2.36. The van der Waals surface area contributed by atoms with Gasteiger partial charge in [-0.3, -0.25) is 0 Å². The Balaban J connectivity index is 2.07. The minimum absolute atomic E-state index is 0.389. The van der Waals surface area contributed by atoms with Crippen molar-refractivity contribution in [2.75, 3.05) is 13.1 Å². The molecule has 0 atom stereocenters. The summed E-state index contributed by atoms with van der Waals surface area (Å²) in [4.78, 5) is 11.3. The van der Waals surface area contributed by atoms with Crippen molar-refractivity contribution in [2.24, 2.45) is 0 Å². The van der Waals surface area contributed by atoms with E-state index in [1.165, 1.54) is 5.56 Å². The van der Waals surface area contributed by atoms with Crippen LogP contribution in [0.5, 0.6) is 0 Å². The van der Waals surface area contributed by atoms with Crippen molar-refractivity contribution in [3.63, 3.8) is 0 Å². The molecule has 0 fully saturated rings. The first-order chi connectivity index (χ1) is 9.47. The molecule has 4 heteroatoms. The molecule has 1 rings (SSSR count). The van der Waals surface area contributed by atoms with Gasteiger partial charge in [0.25, 0.3) is 0 Å². The number of ether oxygens (including phenoxy) is 1. The summed E-state index contributed by atoms with van der Waals surface area (Å²) in [6.45, 7) is 7.61. The molecule has 0 saturated carbocycles. The molecule has 20 heavy (non-hydrogen) atoms. The average molecular weight is 276 g/mol. The summed E-state index contributed by atoms with van der Waals surface area (Å²) in [5, 5.41) is 5.97. The zero-order valence-electron chi connectivity index (χ0n) is 12.5. The van der Waals surface area contributed by atoms with Gasteiger partial charge in [-0.25, -0.2) is 4.79 Å². The van der Waals surface area contributed by atoms with E-state index in [0.29, 0.717) is 6.54 Å². The normalized spacial score (nSPS) is 11.6. The number of alkyl carbamates (subject to hydrolysis) is 1. The zero-order chi connectivity index (χ0) is 14.8. The number of hydrogen-bond acceptors (Lipinski definition) is 3. The molecule has 0 aliphatic heterocycles. The first-order valence-electron chi connectivity index (χ1n) is 6.84. The molecular formula is C16H24N2O2. The van der Waals surface area contributed by atoms with E-state index in [1.54, 1.807) is 0 Å². The van der Waals surface area contributed by atoms with Crippen molar-refractivity contribution in [3.05, 3.63) is 48.0 Å². The molecule has 2 N–H and O–H groups in total. The Kier molecular flexibility index (Phi) is 6.81. The van der Waals surface area contributed by atoms with Crippen molar-refractivity contribution in [3.8, 4) is 0 Å². The number of rotatable bonds is 6. The molecule has 1 aromatic carbocycles. The van der Waals surface area contributed by atoms with E-state index < -0.39 is 5.60 Å². The molecule has 0 heterocycles. The van der Waals surface area contributed by atoms with Gasteiger partial charge < -0.3 is 15.4 Å². The Morgan fingerprint density at radius 2 is 1.80 bits per heavy atom. The zero-order valence-corrected chi connectivity index (χ0v) is 12.5. The van der Waals surface area contributed by atoms with E-state index in [0.717, 1.165) is 13.1 Å². The predicted molar refractivity (Wildman–Crippen MR) is 81.5 cm³/mol. The number of benzene rings is 1. The first-order valence-corrected chi connectivity index (χ1v) is 6.84. The fourth-order valence-corrected chi connectivity index (χ4v) is 1.52. The Bertz CT molecular complexity index is 422. The fraction of sp³-hybridized carbons (Fsp3) is 0.438. The van der Waals surface area contributed by atoms with E-state index in [4.69, 9.17) is 4.74 Å². The standard InChI is InChI=1S/C16H24N2O2/c1-16(2,3)20-15(19)18-12-8-7-11-17-13-14-9-5-4-6-10-14/h4-10,17H,11-13H2,1-3H3,(H,18,19)/b8-7+. The molecule has 0 saturated heterocycles. The number of carbonyl (C=O) groups is 1. The molecule has 0 radical (unpaired) electrons. The molecular weight excluding hydrogens is 252 g/mol. The third-order valence-corrected chi connectivity index (χ3v) is 2.36. The van der Waals surface area contributed by atoms with Crippen molar-refractivity contribution in [1.29, 1.82) is 0 Å². The Labute approximate surface area is 121 Å². The SMILES string of the molecule is CC(C)(C)OC(=O)NC/C=C/CNCc1ccccc1. The lowest BCUT2D eigenvalue weighted by Crippen LogP contribution is -2.32. The summed E-state index contributed by atoms with van der Waals surface area (Å²) in [5.41, 5.74) is 0.804. The highest BCUT2D eigenvalue weighted by atomic mass is 16.6. The smallest absolute Gasteiger partial charge is 0.407 e. The number of nitrogens with one attached hydrogen (secondary N) is 2. The summed E-state index contributed by atoms with van der Waals surface area (Å²) in [6.07, 6.45) is 3.50. The highest BCUT2D eigenvalue weighted by Crippen LogP contribution is 2.06. The lowest BCUT2D eigenvalue weighted by atomic mass is 10.2. The lowest BCUT2D eigenvalue weighted by molar-refractivity contribution is 0.0534. The summed E-state index contributed by atoms with van der Waals surface area (Å²) >= 11 is 0. The van der Waals surface area contributed by atoms with Gasteiger partial charge in [-0.2, -0.15) is 0 Å². The second-order valence-electron chi connectivity index (χ2n) is 5.47. The molecule has 1 aromatic rings. The van der Waals surface area contributed by atoms with Gasteiger partial charge in [0.15, 0.2) is 0 Å². The molecule has 0 unspecified atom stereocenters. The molecule has 0 aliphatic rings. The van der Waals surface area contributed by atoms with Crippen LogP contribution in [0.25, 0.3) is 0 Å². The lowest BCUT2D eigenvalue weighted by Gasteiger charge is -2.19. The monoisotopic (exact) mass is 276 g/mol. The minimum atomic E-state index is -0.453. The predicted octanol–water partition coefficient (Wildman–Crippen LogP) is 2.86. The topological polar surface area (TPSA) is 50.4 Å². The number of carbonyl (C=O) groups excluding carboxylic acids is 1. The summed E-state index contributed by atoms with van der Waals surface area (Å²) in [7, 11) is 0. The Morgan fingerprint density at radius 3 is 2.45 bits per heavy atom. The van der Waals surface area contributed by atoms with Crippen LogP contribution in [0, 0.1) is 0 Å². The highest BCUT2D eigenvalue weighted by Gasteiger charge is 2.14. The van der Waals surface area contributed by atoms with Crippen LogP contribution < -0.4 is 10.6 Å². The molecule has 1 amide bonds. The van der Waals surface area contributed by atoms with Gasteiger partial charge in [-0.1, -0.05) is 42.5 Å². The molecule has 0 aromatic heterocycles. The quantitative estimate of drug-likeness (QED) is 0.620. The Morgan fingerprint density at radius 1 is 1.15 bits per heavy atom. The molecule has 0 bridgehead atoms. The van der Waals surface area contributed by atoms with Gasteiger partial charge in [-0.15, -0.1) is 0 Å². The van der Waals surface area contributed by atoms with Crippen LogP contribution in [0.4, 0.5) is 4.79 Å². The minimum Gasteiger partial charge on any atom is -0.444 e. The summed E-state index contributed by atoms with van der Waals surface area (Å²) in [5.74, 6) is 0. The van der Waals surface area contributed by atoms with E-state index in [1.807, 2.05) is 51.1 Å². The number of amides is 1. The van der Waals surface area contributed by atoms with Crippen molar-refractivity contribution in [1.82, 2.24) is 10.6 Å². The van der Waals surface area contributed by atoms with Gasteiger partial charge in [0.05, 0.1) is 0 Å². The van der Waals surface area contributed by atoms with E-state index in [-0.39, 0.29) is 6.09 Å². The van der Waals surface area contributed by atoms with E-state index >= 15 is 0 Å². The van der Waals surface area contributed by atoms with Crippen LogP contribution >= 0.6 is 0 Å². The largest absolute Gasteiger partial charge is 0.444 e. The first kappa shape index (κ1) is 16.2. The van der Waals surface area contributed by atoms with Gasteiger partial charge in [-0.05, 0) is 26.3 Å². The van der Waals surface area contributed by atoms with Crippen LogP contribution in [0.3, 0.4) is 0 Å². The van der Waals surface area contributed by atoms with Crippen LogP contribution in [0.2, 0.25) is 0 Å². The van der Waals surface area contributed by atoms with Crippen LogP contribution in [-0.4, -0.2) is 24.8 Å². The number of hydrogen-bond donors (Lipinski definition) is 2. The maximum atomic E-state index is 11.3. The van der Waals surface area contributed by atoms with Gasteiger partial charge in [0, 0.05) is 19.6 Å². The van der Waals surface area contributed by atoms with E-state index in [2.05, 4.69) is 22.8 Å². The maximum Gasteiger partial charge on any atom is 0.407 e. The van der Waals surface area contributed by atoms with Crippen molar-refractivity contribution >= 4 is 6.09 Å². The van der Waals surface area contributed by atoms with Crippen LogP contribution in [0.1, 0.15) is 26.3 Å². The van der Waals surface area contributed by atoms with Gasteiger partial charge in [0.2, 0.25) is 0 Å². The summed E-state index contributed by atoms with van der Waals surface area (Å²) in [6, 6.07) is 10.2. The molecule has 0 spiro atoms. The summed E-state index contributed by atoms with van der Waals surface area (Å²) < 4.78 is 5.12. The van der Waals surface area contributed by atoms with Crippen LogP contribution in [-0.2, 0) is 11.3 Å². The fourth-order valence-electron chi connectivity index (χ4n) is 1.52. The second-order valence-corrected chi connectivity index (χ2v) is 5.47. The maximum absolute atomic E-state index is 11.3. The highest BCUT2D eigenvalue weighted by molar-refractivity contribution is 5.67. The third kappa shape index (κ3) is 8.32. The average Bonchev–Trinajstić information content (AvgIpc) is 2.37. The second kappa shape index (κ2) is 8.38. The van der Waals surface area contributed by atoms with Gasteiger partial charge in [0.1, 0.15) is 5.60 Å². The molecule has 4 nitrogen and oxygen atoms in total. The Hall–Kier alpha value is -1.81. The van der Waals surface area contributed by atoms with Crippen LogP contribution in [0.15, 0.2) is 42.5 Å². The molecule has 0 aliphatic carbocycles. The van der Waals surface area contributed by atoms with E-state index in [9.17, 15) is 4.79 Å².